The van der Waals surface area contributed by atoms with Crippen LogP contribution in [0.15, 0.2) is 12.6 Å². The molecule has 0 unspecified atom stereocenters. The summed E-state index contributed by atoms with van der Waals surface area (Å²) >= 11 is 0. The van der Waals surface area contributed by atoms with Gasteiger partial charge in [0, 0.05) is 0 Å². The van der Waals surface area contributed by atoms with E-state index in [9.17, 15) is 4.79 Å². The molecule has 0 saturated heterocycles. The molecule has 0 saturated carbocycles. The van der Waals surface area contributed by atoms with Crippen molar-refractivity contribution in [3.05, 3.63) is 12.6 Å². The van der Waals surface area contributed by atoms with E-state index in [2.05, 4.69) is 0 Å². The van der Waals surface area contributed by atoms with Crippen molar-refractivity contribution < 1.29 is 8.91 Å². The quantitative estimate of drug-likeness (QED) is 0.315. The van der Waals surface area contributed by atoms with Crippen LogP contribution in [0.1, 0.15) is 4.11 Å². The second kappa shape index (κ2) is 2.41. The Kier molecular flexibility index (Phi) is 0.408. The molecule has 22 valence electrons. The monoisotopic (exact) mass is 59.0 g/mol. The van der Waals surface area contributed by atoms with Crippen molar-refractivity contribution in [3.63, 3.8) is 0 Å². The summed E-state index contributed by atoms with van der Waals surface area (Å²) in [7, 11) is 0. The van der Waals surface area contributed by atoms with E-state index >= 15 is 0 Å². The molecule has 0 aromatic heterocycles. The Morgan fingerprint density at radius 2 is 3.25 bits per heavy atom. The molecule has 0 heterocycles. The molecule has 0 rings (SSSR count). The minimum Gasteiger partial charge on any atom is -0.299 e. The Morgan fingerprint density at radius 3 is 3.25 bits per heavy atom. The van der Waals surface area contributed by atoms with E-state index in [4.69, 9.17) is 4.11 Å². The van der Waals surface area contributed by atoms with Gasteiger partial charge in [0.05, 0.1) is 2.74 Å². The third kappa shape index (κ3) is 1.41. The summed E-state index contributed by atoms with van der Waals surface area (Å²) in [5.41, 5.74) is 0. The average Bonchev–Trinajstić information content (AvgIpc) is 1.65. The van der Waals surface area contributed by atoms with Gasteiger partial charge in [-0.3, -0.25) is 4.79 Å². The molecule has 1 heteroatoms. The zero-order chi connectivity index (χ0) is 5.86. The molecule has 4 heavy (non-hydrogen) atoms. The first-order valence-electron chi connectivity index (χ1n) is 2.32. The van der Waals surface area contributed by atoms with Crippen molar-refractivity contribution >= 4 is 6.26 Å². The lowest BCUT2D eigenvalue weighted by Crippen LogP contribution is -1.44. The van der Waals surface area contributed by atoms with Gasteiger partial charge in [-0.1, -0.05) is 6.55 Å². The maximum atomic E-state index is 9.67. The number of carbonyl (C=O) groups is 1. The zero-order valence-corrected chi connectivity index (χ0v) is 1.99. The molecule has 0 bridgehead atoms. The number of rotatable bonds is 1. The van der Waals surface area contributed by atoms with Gasteiger partial charge in [0.25, 0.3) is 0 Å². The Bertz CT molecular complexity index is 107. The second-order valence-corrected chi connectivity index (χ2v) is 0.246. The Morgan fingerprint density at radius 1 is 2.50 bits per heavy atom. The minimum absolute atomic E-state index is 0.537. The molecular weight excluding hydrogens is 52.0 g/mol. The lowest BCUT2D eigenvalue weighted by Gasteiger charge is -1.37. The van der Waals surface area contributed by atoms with E-state index in [1.54, 1.807) is 0 Å². The highest BCUT2D eigenvalue weighted by Crippen LogP contribution is 1.35. The fraction of sp³-hybridized carbons (Fsp3) is 0. The molecule has 0 amide bonds. The standard InChI is InChI=1S/C3H4O/c1-2-3-4/h2-3H,1H2/i1D,2D,3D/b2-1-. The summed E-state index contributed by atoms with van der Waals surface area (Å²) in [6.45, 7) is 0.537. The molecule has 0 fully saturated rings. The van der Waals surface area contributed by atoms with Gasteiger partial charge in [0.1, 0.15) is 7.63 Å². The molecule has 0 aliphatic carbocycles. The van der Waals surface area contributed by atoms with Crippen LogP contribution in [0.2, 0.25) is 0 Å². The van der Waals surface area contributed by atoms with Crippen LogP contribution in [0.4, 0.5) is 0 Å². The maximum Gasteiger partial charge on any atom is 0.142 e. The number of hydrogen-bond donors (Lipinski definition) is 0. The van der Waals surface area contributed by atoms with E-state index < -0.39 is 12.3 Å². The molecule has 0 aliphatic rings. The number of aldehydes is 1. The summed E-state index contributed by atoms with van der Waals surface area (Å²) in [6, 6.07) is -0.583. The van der Waals surface area contributed by atoms with Gasteiger partial charge in [-0.05, 0) is 6.05 Å². The fourth-order valence-corrected chi connectivity index (χ4v) is 0. The Hall–Kier alpha value is -0.590. The van der Waals surface area contributed by atoms with Gasteiger partial charge < -0.3 is 0 Å². The van der Waals surface area contributed by atoms with Crippen molar-refractivity contribution in [1.29, 1.82) is 0 Å². The van der Waals surface area contributed by atoms with Crippen LogP contribution in [0, 0.1) is 0 Å². The first-order valence-corrected chi connectivity index (χ1v) is 0.743. The van der Waals surface area contributed by atoms with Crippen molar-refractivity contribution in [2.45, 2.75) is 0 Å². The molecule has 0 N–H and O–H groups in total. The summed E-state index contributed by atoms with van der Waals surface area (Å²) < 4.78 is 18.8. The first-order chi connectivity index (χ1) is 3.18. The highest BCUT2D eigenvalue weighted by molar-refractivity contribution is 5.63. The van der Waals surface area contributed by atoms with E-state index in [0.717, 1.165) is 0 Å². The van der Waals surface area contributed by atoms with E-state index in [1.807, 2.05) is 0 Å². The highest BCUT2D eigenvalue weighted by atomic mass is 16.1. The van der Waals surface area contributed by atoms with Crippen molar-refractivity contribution in [1.82, 2.24) is 0 Å². The molecule has 0 aromatic carbocycles. The molecule has 0 radical (unpaired) electrons. The maximum absolute atomic E-state index is 9.67. The summed E-state index contributed by atoms with van der Waals surface area (Å²) in [6.07, 6.45) is -1.12. The minimum atomic E-state index is -1.12. The normalized spacial score (nSPS) is 21.0. The number of carbonyl (C=O) groups excluding carboxylic acids is 1. The largest absolute Gasteiger partial charge is 0.299 e. The fourth-order valence-electron chi connectivity index (χ4n) is 0. The molecule has 0 aromatic rings. The lowest BCUT2D eigenvalue weighted by atomic mass is 10.8. The second-order valence-electron chi connectivity index (χ2n) is 0.246. The summed E-state index contributed by atoms with van der Waals surface area (Å²) in [5, 5.41) is 0. The number of hydrogen-bond acceptors (Lipinski definition) is 1. The molecule has 0 aliphatic heterocycles. The Balaban J connectivity index is 3.82. The molecule has 0 atom stereocenters. The topological polar surface area (TPSA) is 17.1 Å². The molecule has 0 spiro atoms. The zero-order valence-electron chi connectivity index (χ0n) is 4.99. The van der Waals surface area contributed by atoms with Crippen molar-refractivity contribution in [2.75, 3.05) is 0 Å². The van der Waals surface area contributed by atoms with Crippen molar-refractivity contribution in [2.24, 2.45) is 0 Å². The van der Waals surface area contributed by atoms with Crippen LogP contribution in [0.5, 0.6) is 0 Å². The predicted molar refractivity (Wildman–Crippen MR) is 16.3 cm³/mol. The molecule has 1 nitrogen and oxygen atoms in total. The number of allylic oxidation sites excluding steroid dienone is 1. The average molecular weight is 59.1 g/mol. The predicted octanol–water partition coefficient (Wildman–Crippen LogP) is 0.371. The lowest BCUT2D eigenvalue weighted by molar-refractivity contribution is -0.104. The molecular formula is C3H4O. The summed E-state index contributed by atoms with van der Waals surface area (Å²) in [4.78, 5) is 9.67. The third-order valence-electron chi connectivity index (χ3n) is 0.0589. The van der Waals surface area contributed by atoms with Crippen molar-refractivity contribution in [3.8, 4) is 0 Å². The van der Waals surface area contributed by atoms with Gasteiger partial charge in [-0.25, -0.2) is 0 Å². The third-order valence-corrected chi connectivity index (χ3v) is 0.0589. The van der Waals surface area contributed by atoms with Gasteiger partial charge in [0.2, 0.25) is 0 Å². The van der Waals surface area contributed by atoms with Crippen LogP contribution in [0.3, 0.4) is 0 Å². The van der Waals surface area contributed by atoms with Crippen LogP contribution < -0.4 is 0 Å². The highest BCUT2D eigenvalue weighted by Gasteiger charge is 1.38. The first kappa shape index (κ1) is 0.677. The van der Waals surface area contributed by atoms with Gasteiger partial charge in [-0.2, -0.15) is 0 Å². The van der Waals surface area contributed by atoms with Crippen LogP contribution in [0.25, 0.3) is 0 Å². The van der Waals surface area contributed by atoms with Gasteiger partial charge in [-0.15, -0.1) is 0 Å². The van der Waals surface area contributed by atoms with E-state index in [0.29, 0.717) is 6.55 Å². The van der Waals surface area contributed by atoms with Crippen LogP contribution >= 0.6 is 0 Å². The van der Waals surface area contributed by atoms with E-state index in [-0.39, 0.29) is 0 Å². The smallest absolute Gasteiger partial charge is 0.142 e. The van der Waals surface area contributed by atoms with Gasteiger partial charge in [0.15, 0.2) is 0 Å². The van der Waals surface area contributed by atoms with Crippen LogP contribution in [-0.4, -0.2) is 6.26 Å². The van der Waals surface area contributed by atoms with E-state index in [1.165, 1.54) is 0 Å². The summed E-state index contributed by atoms with van der Waals surface area (Å²) in [5.74, 6) is 0. The van der Waals surface area contributed by atoms with Crippen LogP contribution in [-0.2, 0) is 4.79 Å². The van der Waals surface area contributed by atoms with Gasteiger partial charge >= 0.3 is 0 Å². The SMILES string of the molecule is [2H]/C=C(/[2H])C([2H])=O. The Labute approximate surface area is 29.2 Å².